The van der Waals surface area contributed by atoms with Crippen molar-refractivity contribution in [3.63, 3.8) is 0 Å². The van der Waals surface area contributed by atoms with Gasteiger partial charge in [-0.3, -0.25) is 4.99 Å². The summed E-state index contributed by atoms with van der Waals surface area (Å²) in [5.74, 6) is 1.36. The highest BCUT2D eigenvalue weighted by atomic mass is 16.5. The zero-order chi connectivity index (χ0) is 20.4. The van der Waals surface area contributed by atoms with E-state index in [1.165, 1.54) is 11.1 Å². The predicted molar refractivity (Wildman–Crippen MR) is 119 cm³/mol. The molecule has 1 aliphatic rings. The Bertz CT molecular complexity index is 577. The molecule has 5 heteroatoms. The van der Waals surface area contributed by atoms with Crippen molar-refractivity contribution in [1.82, 2.24) is 15.5 Å². The Kier molecular flexibility index (Phi) is 9.79. The number of benzene rings is 1. The Labute approximate surface area is 171 Å². The van der Waals surface area contributed by atoms with Crippen LogP contribution in [-0.4, -0.2) is 62.3 Å². The van der Waals surface area contributed by atoms with E-state index in [1.54, 1.807) is 0 Å². The van der Waals surface area contributed by atoms with E-state index in [0.717, 1.165) is 58.1 Å². The van der Waals surface area contributed by atoms with Gasteiger partial charge in [0.1, 0.15) is 0 Å². The molecule has 0 spiro atoms. The van der Waals surface area contributed by atoms with Crippen LogP contribution in [0.15, 0.2) is 29.3 Å². The fourth-order valence-electron chi connectivity index (χ4n) is 3.46. The van der Waals surface area contributed by atoms with Crippen LogP contribution in [0, 0.1) is 6.92 Å². The summed E-state index contributed by atoms with van der Waals surface area (Å²) < 4.78 is 5.68. The van der Waals surface area contributed by atoms with Gasteiger partial charge in [0.05, 0.1) is 12.7 Å². The molecule has 158 valence electrons. The van der Waals surface area contributed by atoms with E-state index >= 15 is 0 Å². The molecule has 1 aromatic carbocycles. The summed E-state index contributed by atoms with van der Waals surface area (Å²) in [5.41, 5.74) is 2.65. The second-order valence-electron chi connectivity index (χ2n) is 8.21. The first kappa shape index (κ1) is 22.7. The topological polar surface area (TPSA) is 48.9 Å². The van der Waals surface area contributed by atoms with Crippen molar-refractivity contribution in [2.24, 2.45) is 4.99 Å². The minimum absolute atomic E-state index is 0.320. The molecular formula is C23H40N4O. The third kappa shape index (κ3) is 8.19. The summed E-state index contributed by atoms with van der Waals surface area (Å²) in [6, 6.07) is 9.29. The number of hydrogen-bond acceptors (Lipinski definition) is 3. The van der Waals surface area contributed by atoms with Crippen molar-refractivity contribution in [2.75, 3.05) is 39.3 Å². The maximum atomic E-state index is 5.68. The van der Waals surface area contributed by atoms with E-state index in [0.29, 0.717) is 18.1 Å². The van der Waals surface area contributed by atoms with Crippen LogP contribution in [-0.2, 0) is 4.74 Å². The zero-order valence-electron chi connectivity index (χ0n) is 18.5. The van der Waals surface area contributed by atoms with Gasteiger partial charge in [-0.2, -0.15) is 0 Å². The first-order valence-electron chi connectivity index (χ1n) is 10.9. The van der Waals surface area contributed by atoms with Crippen LogP contribution in [0.1, 0.15) is 57.6 Å². The largest absolute Gasteiger partial charge is 0.377 e. The van der Waals surface area contributed by atoms with Gasteiger partial charge in [-0.1, -0.05) is 36.8 Å². The highest BCUT2D eigenvalue weighted by Gasteiger charge is 2.20. The van der Waals surface area contributed by atoms with Gasteiger partial charge in [0.15, 0.2) is 5.96 Å². The molecule has 1 unspecified atom stereocenters. The Morgan fingerprint density at radius 3 is 2.46 bits per heavy atom. The zero-order valence-corrected chi connectivity index (χ0v) is 18.5. The second kappa shape index (κ2) is 12.1. The van der Waals surface area contributed by atoms with Crippen LogP contribution in [0.4, 0.5) is 0 Å². The molecule has 5 nitrogen and oxygen atoms in total. The van der Waals surface area contributed by atoms with E-state index < -0.39 is 0 Å². The average molecular weight is 389 g/mol. The summed E-state index contributed by atoms with van der Waals surface area (Å²) in [5, 5.41) is 7.06. The predicted octanol–water partition coefficient (Wildman–Crippen LogP) is 3.54. The number of hydrogen-bond donors (Lipinski definition) is 2. The van der Waals surface area contributed by atoms with Crippen LogP contribution in [0.2, 0.25) is 0 Å². The number of ether oxygens (including phenoxy) is 1. The summed E-state index contributed by atoms with van der Waals surface area (Å²) in [6.07, 6.45) is 2.62. The average Bonchev–Trinajstić information content (AvgIpc) is 2.67. The molecule has 1 atom stereocenters. The van der Waals surface area contributed by atoms with Gasteiger partial charge in [0.25, 0.3) is 0 Å². The molecule has 0 radical (unpaired) electrons. The number of likely N-dealkylation sites (tertiary alicyclic amines) is 1. The number of aryl methyl sites for hydroxylation is 1. The quantitative estimate of drug-likeness (QED) is 0.502. The van der Waals surface area contributed by atoms with Crippen LogP contribution >= 0.6 is 0 Å². The summed E-state index contributed by atoms with van der Waals surface area (Å²) in [7, 11) is 0. The molecule has 0 amide bonds. The molecule has 1 saturated heterocycles. The molecule has 0 aliphatic carbocycles. The molecule has 1 aromatic rings. The van der Waals surface area contributed by atoms with Gasteiger partial charge in [-0.25, -0.2) is 0 Å². The first-order chi connectivity index (χ1) is 13.5. The third-order valence-electron chi connectivity index (χ3n) is 5.30. The Morgan fingerprint density at radius 1 is 1.18 bits per heavy atom. The molecule has 1 heterocycles. The van der Waals surface area contributed by atoms with Crippen molar-refractivity contribution in [3.05, 3.63) is 35.4 Å². The Hall–Kier alpha value is -1.59. The second-order valence-corrected chi connectivity index (χ2v) is 8.21. The van der Waals surface area contributed by atoms with E-state index in [9.17, 15) is 0 Å². The van der Waals surface area contributed by atoms with E-state index in [1.807, 2.05) is 0 Å². The Morgan fingerprint density at radius 2 is 1.86 bits per heavy atom. The lowest BCUT2D eigenvalue weighted by molar-refractivity contribution is 0.0532. The number of piperidine rings is 1. The Balaban J connectivity index is 1.79. The van der Waals surface area contributed by atoms with Crippen LogP contribution in [0.25, 0.3) is 0 Å². The van der Waals surface area contributed by atoms with Crippen LogP contribution in [0.5, 0.6) is 0 Å². The fourth-order valence-corrected chi connectivity index (χ4v) is 3.46. The lowest BCUT2D eigenvalue weighted by Gasteiger charge is -2.33. The van der Waals surface area contributed by atoms with Crippen molar-refractivity contribution in [2.45, 2.75) is 65.5 Å². The molecule has 1 fully saturated rings. The third-order valence-corrected chi connectivity index (χ3v) is 5.30. The van der Waals surface area contributed by atoms with Crippen molar-refractivity contribution < 1.29 is 4.74 Å². The molecule has 0 saturated carbocycles. The van der Waals surface area contributed by atoms with Crippen LogP contribution in [0.3, 0.4) is 0 Å². The highest BCUT2D eigenvalue weighted by molar-refractivity contribution is 5.80. The fraction of sp³-hybridized carbons (Fsp3) is 0.696. The number of aliphatic imine (C=N–C) groups is 1. The van der Waals surface area contributed by atoms with E-state index in [2.05, 4.69) is 74.4 Å². The number of guanidine groups is 1. The molecule has 2 N–H and O–H groups in total. The number of rotatable bonds is 9. The normalized spacial score (nSPS) is 17.7. The smallest absolute Gasteiger partial charge is 0.191 e. The lowest BCUT2D eigenvalue weighted by atomic mass is 10.0. The van der Waals surface area contributed by atoms with Gasteiger partial charge in [-0.05, 0) is 46.1 Å². The number of nitrogens with zero attached hydrogens (tertiary/aromatic N) is 2. The standard InChI is InChI=1S/C23H40N4O/c1-6-24-23(25-17-20(5)21-9-7-19(4)8-10-21)26-22-11-13-27(14-12-22)15-16-28-18(2)3/h7-10,18,20,22H,6,11-17H2,1-5H3,(H2,24,25,26). The molecular weight excluding hydrogens is 348 g/mol. The van der Waals surface area contributed by atoms with Crippen molar-refractivity contribution >= 4 is 5.96 Å². The van der Waals surface area contributed by atoms with E-state index in [-0.39, 0.29) is 0 Å². The summed E-state index contributed by atoms with van der Waals surface area (Å²) >= 11 is 0. The maximum Gasteiger partial charge on any atom is 0.191 e. The lowest BCUT2D eigenvalue weighted by Crippen LogP contribution is -2.49. The maximum absolute atomic E-state index is 5.68. The minimum Gasteiger partial charge on any atom is -0.377 e. The van der Waals surface area contributed by atoms with Gasteiger partial charge in [0.2, 0.25) is 0 Å². The van der Waals surface area contributed by atoms with Crippen molar-refractivity contribution in [1.29, 1.82) is 0 Å². The molecule has 0 bridgehead atoms. The van der Waals surface area contributed by atoms with E-state index in [4.69, 9.17) is 9.73 Å². The molecule has 2 rings (SSSR count). The minimum atomic E-state index is 0.320. The highest BCUT2D eigenvalue weighted by Crippen LogP contribution is 2.16. The summed E-state index contributed by atoms with van der Waals surface area (Å²) in [6.45, 7) is 16.5. The van der Waals surface area contributed by atoms with Crippen LogP contribution < -0.4 is 10.6 Å². The first-order valence-corrected chi connectivity index (χ1v) is 10.9. The molecule has 0 aromatic heterocycles. The SMILES string of the molecule is CCNC(=NCC(C)c1ccc(C)cc1)NC1CCN(CCOC(C)C)CC1. The molecule has 1 aliphatic heterocycles. The van der Waals surface area contributed by atoms with Gasteiger partial charge in [-0.15, -0.1) is 0 Å². The molecule has 28 heavy (non-hydrogen) atoms. The van der Waals surface area contributed by atoms with Gasteiger partial charge < -0.3 is 20.3 Å². The number of nitrogens with one attached hydrogen (secondary N) is 2. The summed E-state index contributed by atoms with van der Waals surface area (Å²) in [4.78, 5) is 7.36. The van der Waals surface area contributed by atoms with Gasteiger partial charge in [0, 0.05) is 44.7 Å². The monoisotopic (exact) mass is 388 g/mol. The van der Waals surface area contributed by atoms with Crippen molar-refractivity contribution in [3.8, 4) is 0 Å². The van der Waals surface area contributed by atoms with Gasteiger partial charge >= 0.3 is 0 Å².